The first-order chi connectivity index (χ1) is 13.8. The zero-order valence-electron chi connectivity index (χ0n) is 16.0. The maximum atomic E-state index is 12.8. The zero-order chi connectivity index (χ0) is 20.7. The lowest BCUT2D eigenvalue weighted by Crippen LogP contribution is -2.18. The molecule has 1 amide bonds. The van der Waals surface area contributed by atoms with Crippen LogP contribution in [-0.4, -0.2) is 25.7 Å². The number of nitrogens with zero attached hydrogens (tertiary/aromatic N) is 4. The highest BCUT2D eigenvalue weighted by Gasteiger charge is 2.20. The highest BCUT2D eigenvalue weighted by molar-refractivity contribution is 9.10. The summed E-state index contributed by atoms with van der Waals surface area (Å²) in [6.07, 6.45) is 0. The highest BCUT2D eigenvalue weighted by atomic mass is 79.9. The lowest BCUT2D eigenvalue weighted by molar-refractivity contribution is 0.102. The van der Waals surface area contributed by atoms with Crippen molar-refractivity contribution in [1.82, 2.24) is 19.8 Å². The molecular formula is C21H17BrClN5O. The molecule has 0 atom stereocenters. The normalized spacial score (nSPS) is 11.1. The van der Waals surface area contributed by atoms with E-state index < -0.39 is 0 Å². The largest absolute Gasteiger partial charge is 0.321 e. The molecule has 0 saturated heterocycles. The van der Waals surface area contributed by atoms with Gasteiger partial charge in [-0.1, -0.05) is 39.7 Å². The number of aryl methyl sites for hydroxylation is 3. The third-order valence-corrected chi connectivity index (χ3v) is 5.66. The number of carbonyl (C=O) groups excluding carboxylic acids is 1. The lowest BCUT2D eigenvalue weighted by Gasteiger charge is -2.09. The Bertz CT molecular complexity index is 1250. The smallest absolute Gasteiger partial charge is 0.278 e. The van der Waals surface area contributed by atoms with Gasteiger partial charge in [0.2, 0.25) is 0 Å². The number of rotatable bonds is 3. The predicted molar refractivity (Wildman–Crippen MR) is 118 cm³/mol. The molecule has 4 rings (SSSR count). The van der Waals surface area contributed by atoms with E-state index in [1.807, 2.05) is 51.1 Å². The Morgan fingerprint density at radius 2 is 1.79 bits per heavy atom. The fourth-order valence-electron chi connectivity index (χ4n) is 3.19. The molecule has 2 aromatic heterocycles. The van der Waals surface area contributed by atoms with Crippen molar-refractivity contribution in [2.45, 2.75) is 20.8 Å². The third kappa shape index (κ3) is 3.63. The molecule has 146 valence electrons. The van der Waals surface area contributed by atoms with Crippen LogP contribution in [0.15, 0.2) is 46.9 Å². The molecule has 0 aliphatic rings. The van der Waals surface area contributed by atoms with Gasteiger partial charge in [-0.2, -0.15) is 5.10 Å². The Kier molecular flexibility index (Phi) is 5.10. The number of anilines is 1. The summed E-state index contributed by atoms with van der Waals surface area (Å²) in [6, 6.07) is 13.2. The molecule has 8 heteroatoms. The van der Waals surface area contributed by atoms with Crippen LogP contribution in [0.25, 0.3) is 16.8 Å². The van der Waals surface area contributed by atoms with Gasteiger partial charge in [-0.3, -0.25) is 4.79 Å². The number of benzene rings is 2. The Hall–Kier alpha value is -2.77. The van der Waals surface area contributed by atoms with E-state index >= 15 is 0 Å². The minimum absolute atomic E-state index is 0.218. The maximum absolute atomic E-state index is 12.8. The van der Waals surface area contributed by atoms with E-state index in [1.165, 1.54) is 0 Å². The Balaban J connectivity index is 1.73. The van der Waals surface area contributed by atoms with E-state index in [-0.39, 0.29) is 11.6 Å². The van der Waals surface area contributed by atoms with Crippen molar-refractivity contribution in [2.24, 2.45) is 0 Å². The van der Waals surface area contributed by atoms with E-state index in [0.29, 0.717) is 22.1 Å². The van der Waals surface area contributed by atoms with E-state index in [9.17, 15) is 4.79 Å². The topological polar surface area (TPSA) is 72.2 Å². The average molecular weight is 471 g/mol. The highest BCUT2D eigenvalue weighted by Crippen LogP contribution is 2.29. The van der Waals surface area contributed by atoms with Gasteiger partial charge in [-0.15, -0.1) is 10.2 Å². The van der Waals surface area contributed by atoms with E-state index in [0.717, 1.165) is 26.9 Å². The molecule has 0 radical (unpaired) electrons. The summed E-state index contributed by atoms with van der Waals surface area (Å²) in [5, 5.41) is 16.6. The summed E-state index contributed by atoms with van der Waals surface area (Å²) < 4.78 is 2.66. The molecule has 0 bridgehead atoms. The first kappa shape index (κ1) is 19.5. The molecule has 2 aromatic carbocycles. The molecule has 2 heterocycles. The van der Waals surface area contributed by atoms with Crippen LogP contribution in [0.4, 0.5) is 5.69 Å². The summed E-state index contributed by atoms with van der Waals surface area (Å²) in [4.78, 5) is 12.8. The quantitative estimate of drug-likeness (QED) is 0.436. The summed E-state index contributed by atoms with van der Waals surface area (Å²) in [5.41, 5.74) is 5.67. The molecule has 1 N–H and O–H groups in total. The van der Waals surface area contributed by atoms with Crippen molar-refractivity contribution in [1.29, 1.82) is 0 Å². The van der Waals surface area contributed by atoms with Gasteiger partial charge in [0, 0.05) is 15.2 Å². The van der Waals surface area contributed by atoms with Crippen LogP contribution >= 0.6 is 27.5 Å². The lowest BCUT2D eigenvalue weighted by atomic mass is 10.1. The van der Waals surface area contributed by atoms with Crippen molar-refractivity contribution in [3.8, 4) is 11.1 Å². The third-order valence-electron chi connectivity index (χ3n) is 4.70. The first-order valence-corrected chi connectivity index (χ1v) is 10.1. The molecule has 0 aliphatic carbocycles. The van der Waals surface area contributed by atoms with Crippen molar-refractivity contribution < 1.29 is 4.79 Å². The Morgan fingerprint density at radius 3 is 2.48 bits per heavy atom. The van der Waals surface area contributed by atoms with Gasteiger partial charge >= 0.3 is 0 Å². The van der Waals surface area contributed by atoms with Crippen LogP contribution in [0.3, 0.4) is 0 Å². The minimum atomic E-state index is -0.350. The molecular weight excluding hydrogens is 454 g/mol. The average Bonchev–Trinajstić information content (AvgIpc) is 3.02. The second-order valence-corrected chi connectivity index (χ2v) is 8.08. The number of aromatic nitrogens is 4. The van der Waals surface area contributed by atoms with E-state index in [2.05, 4.69) is 36.5 Å². The summed E-state index contributed by atoms with van der Waals surface area (Å²) >= 11 is 9.50. The summed E-state index contributed by atoms with van der Waals surface area (Å²) in [5.74, 6) is -0.350. The molecule has 4 aromatic rings. The molecule has 0 saturated carbocycles. The van der Waals surface area contributed by atoms with Crippen LogP contribution in [0.5, 0.6) is 0 Å². The minimum Gasteiger partial charge on any atom is -0.321 e. The second kappa shape index (κ2) is 7.57. The standard InChI is InChI=1S/C21H17BrClN5O/c1-11-10-16(8-9-17(11)23)24-21(29)19-13(3)28-20(26-25-19)18(12(2)27-28)14-4-6-15(22)7-5-14/h4-10H,1-3H3,(H,24,29). The maximum Gasteiger partial charge on any atom is 0.278 e. The van der Waals surface area contributed by atoms with E-state index in [4.69, 9.17) is 11.6 Å². The molecule has 0 spiro atoms. The number of fused-ring (bicyclic) bond motifs is 1. The predicted octanol–water partition coefficient (Wildman–Crippen LogP) is 5.38. The van der Waals surface area contributed by atoms with Crippen LogP contribution in [0.2, 0.25) is 5.02 Å². The van der Waals surface area contributed by atoms with Crippen molar-refractivity contribution >= 4 is 44.8 Å². The molecule has 0 unspecified atom stereocenters. The van der Waals surface area contributed by atoms with Gasteiger partial charge in [0.05, 0.1) is 17.0 Å². The van der Waals surface area contributed by atoms with Gasteiger partial charge in [0.15, 0.2) is 11.3 Å². The van der Waals surface area contributed by atoms with Crippen LogP contribution in [0.1, 0.15) is 27.4 Å². The van der Waals surface area contributed by atoms with Crippen LogP contribution < -0.4 is 5.32 Å². The number of carbonyl (C=O) groups is 1. The number of hydrogen-bond acceptors (Lipinski definition) is 4. The number of halogens is 2. The van der Waals surface area contributed by atoms with Gasteiger partial charge in [-0.25, -0.2) is 4.52 Å². The van der Waals surface area contributed by atoms with E-state index in [1.54, 1.807) is 16.6 Å². The molecule has 6 nitrogen and oxygen atoms in total. The fraction of sp³-hybridized carbons (Fsp3) is 0.143. The molecule has 0 aliphatic heterocycles. The molecule has 0 fully saturated rings. The summed E-state index contributed by atoms with van der Waals surface area (Å²) in [6.45, 7) is 5.61. The van der Waals surface area contributed by atoms with Crippen molar-refractivity contribution in [2.75, 3.05) is 5.32 Å². The van der Waals surface area contributed by atoms with Crippen LogP contribution in [0, 0.1) is 20.8 Å². The Labute approximate surface area is 181 Å². The van der Waals surface area contributed by atoms with Gasteiger partial charge in [-0.05, 0) is 62.2 Å². The van der Waals surface area contributed by atoms with Crippen LogP contribution in [-0.2, 0) is 0 Å². The summed E-state index contributed by atoms with van der Waals surface area (Å²) in [7, 11) is 0. The Morgan fingerprint density at radius 1 is 1.07 bits per heavy atom. The monoisotopic (exact) mass is 469 g/mol. The van der Waals surface area contributed by atoms with Gasteiger partial charge in [0.1, 0.15) is 0 Å². The fourth-order valence-corrected chi connectivity index (χ4v) is 3.57. The number of hydrogen-bond donors (Lipinski definition) is 1. The van der Waals surface area contributed by atoms with Gasteiger partial charge < -0.3 is 5.32 Å². The first-order valence-electron chi connectivity index (χ1n) is 8.91. The number of amides is 1. The molecule has 29 heavy (non-hydrogen) atoms. The van der Waals surface area contributed by atoms with Gasteiger partial charge in [0.25, 0.3) is 5.91 Å². The number of nitrogens with one attached hydrogen (secondary N) is 1. The van der Waals surface area contributed by atoms with Crippen molar-refractivity contribution in [3.05, 3.63) is 74.6 Å². The van der Waals surface area contributed by atoms with Crippen molar-refractivity contribution in [3.63, 3.8) is 0 Å². The zero-order valence-corrected chi connectivity index (χ0v) is 18.3. The second-order valence-electron chi connectivity index (χ2n) is 6.75. The SMILES string of the molecule is Cc1cc(NC(=O)c2nnc3c(-c4ccc(Br)cc4)c(C)nn3c2C)ccc1Cl.